The van der Waals surface area contributed by atoms with Crippen LogP contribution in [0.15, 0.2) is 36.4 Å². The standard InChI is InChI=1S/C33H43N5O6.C10H18O5.C9H17NO4.C8H15NO4.C4H9NO2.C3H7NO2.CH4.ClH/c1-4-6-31(41)38(3)32-23-9-11-30(44-16-14-36)25(20-23)24-18-22(8-10-29(24)43-15-13-35)19-26(27(39)7-5-12-34)37-33(42)21(2)17-28(32)40;1-9(2,3)14-7(11)13-8(12)15-10(4,5)6;1-9(2,3)14-8(12)10(4)6-7(11)13-5;1-8(2,3)13-7(12)9(4)5-6(10)11;1-5-3-4(6)7-2;1-6-3(5)2-4;;/h8-11,18,20-21,26,32H,4-7,13-17,19,35-36H2,1-3H3,(H,37,42);1-6H3;6H2,1-5H3;5H2,1-4H3,(H,10,11);5H,3H2,1-2H3;2,4H2,1H3;1H4;1H/t21-,26+,32+;;;;;;;/m1......./s1. The minimum absolute atomic E-state index is 0. The molecule has 1 aliphatic rings. The number of rotatable bonds is 19. The number of likely N-dealkylation sites (N-methyl/N-ethyl adjacent to an activating group) is 4. The summed E-state index contributed by atoms with van der Waals surface area (Å²) in [6.07, 6.45) is -2.42. The zero-order valence-corrected chi connectivity index (χ0v) is 62.8. The van der Waals surface area contributed by atoms with Crippen molar-refractivity contribution in [2.45, 2.75) is 177 Å². The first-order valence-electron chi connectivity index (χ1n) is 31.4. The van der Waals surface area contributed by atoms with Gasteiger partial charge in [-0.15, -0.1) is 12.4 Å². The molecule has 0 spiro atoms. The maximum Gasteiger partial charge on any atom is 0.519 e. The third-order valence-corrected chi connectivity index (χ3v) is 11.8. The number of Topliss-reactive ketones (excluding diaryl/α,β-unsaturated/α-hetero) is 2. The lowest BCUT2D eigenvalue weighted by Crippen LogP contribution is -2.45. The number of carboxylic acid groups (broad SMARTS) is 1. The first-order chi connectivity index (χ1) is 45.7. The minimum Gasteiger partial charge on any atom is -0.492 e. The molecule has 101 heavy (non-hydrogen) atoms. The summed E-state index contributed by atoms with van der Waals surface area (Å²) in [4.78, 5) is 143. The van der Waals surface area contributed by atoms with Crippen LogP contribution in [0.2, 0.25) is 0 Å². The normalized spacial score (nSPS) is 13.7. The second-order valence-electron chi connectivity index (χ2n) is 25.5. The van der Waals surface area contributed by atoms with Crippen molar-refractivity contribution < 1.29 is 110 Å². The molecule has 0 saturated heterocycles. The molecule has 2 aromatic rings. The third-order valence-electron chi connectivity index (χ3n) is 11.8. The molecule has 576 valence electrons. The molecule has 2 aromatic carbocycles. The Hall–Kier alpha value is -8.90. The fraction of sp³-hybridized carbons (Fsp3) is 0.632. The van der Waals surface area contributed by atoms with E-state index in [9.17, 15) is 57.5 Å². The summed E-state index contributed by atoms with van der Waals surface area (Å²) in [7, 11) is 10.1. The molecule has 0 fully saturated rings. The van der Waals surface area contributed by atoms with Gasteiger partial charge in [0.2, 0.25) is 11.8 Å². The first-order valence-corrected chi connectivity index (χ1v) is 31.4. The molecule has 9 N–H and O–H groups in total. The predicted molar refractivity (Wildman–Crippen MR) is 378 cm³/mol. The van der Waals surface area contributed by atoms with Gasteiger partial charge in [0, 0.05) is 77.0 Å². The van der Waals surface area contributed by atoms with Gasteiger partial charge in [-0.2, -0.15) is 5.26 Å². The largest absolute Gasteiger partial charge is 0.519 e. The molecule has 33 heteroatoms. The molecule has 0 aliphatic carbocycles. The molecular formula is C68H114ClN9O23. The number of halogens is 1. The molecule has 1 aliphatic heterocycles. The SMILES string of the molecule is C.CC(C)(C)OC(=O)OC(=O)OC(C)(C)C.CCCC(=O)N(C)[C@@H]1C(=O)C[C@@H](C)C(=O)N[C@H](C(=O)CCC#N)Cc2ccc(OCCN)c(c2)-c2cc1ccc2OCCN.CN(CC(=O)O)C(=O)OC(C)(C)C.CNCC(=O)OC.COC(=O)CN.COC(=O)CN(C)C(=O)OC(C)(C)C.Cl. The number of methoxy groups -OCH3 is 3. The zero-order valence-electron chi connectivity index (χ0n) is 62.0. The number of nitrogens with two attached hydrogens (primary N) is 3. The summed E-state index contributed by atoms with van der Waals surface area (Å²) in [5.74, 6) is -3.19. The van der Waals surface area contributed by atoms with Gasteiger partial charge in [-0.25, -0.2) is 19.2 Å². The summed E-state index contributed by atoms with van der Waals surface area (Å²) in [6, 6.07) is 10.8. The number of fused-ring (bicyclic) bond motifs is 5. The smallest absolute Gasteiger partial charge is 0.492 e. The lowest BCUT2D eigenvalue weighted by Gasteiger charge is -2.30. The second kappa shape index (κ2) is 51.3. The van der Waals surface area contributed by atoms with Crippen molar-refractivity contribution in [3.05, 3.63) is 47.5 Å². The monoisotopic (exact) mass is 1460 g/mol. The lowest BCUT2D eigenvalue weighted by atomic mass is 9.89. The maximum atomic E-state index is 13.9. The Morgan fingerprint density at radius 2 is 1.10 bits per heavy atom. The topological polar surface area (TPSA) is 453 Å². The Balaban J connectivity index is -0.000000439. The highest BCUT2D eigenvalue weighted by molar-refractivity contribution is 5.95. The van der Waals surface area contributed by atoms with Crippen LogP contribution in [0.25, 0.3) is 11.1 Å². The van der Waals surface area contributed by atoms with Crippen molar-refractivity contribution in [3.63, 3.8) is 0 Å². The van der Waals surface area contributed by atoms with Crippen LogP contribution in [0.1, 0.15) is 154 Å². The Bertz CT molecular complexity index is 2940. The number of ketones is 2. The quantitative estimate of drug-likeness (QED) is 0.0459. The van der Waals surface area contributed by atoms with Crippen molar-refractivity contribution in [2.75, 3.05) is 102 Å². The molecule has 3 rings (SSSR count). The van der Waals surface area contributed by atoms with Gasteiger partial charge in [0.1, 0.15) is 66.2 Å². The summed E-state index contributed by atoms with van der Waals surface area (Å²) in [6.45, 7) is 24.8. The van der Waals surface area contributed by atoms with Crippen LogP contribution in [0.5, 0.6) is 11.5 Å². The number of carbonyl (C=O) groups excluding carboxylic acids is 11. The summed E-state index contributed by atoms with van der Waals surface area (Å²) >= 11 is 0. The zero-order chi connectivity index (χ0) is 77.2. The van der Waals surface area contributed by atoms with E-state index in [1.807, 2.05) is 31.2 Å². The number of aliphatic carboxylic acids is 1. The average Bonchev–Trinajstić information content (AvgIpc) is 0.782. The van der Waals surface area contributed by atoms with Gasteiger partial charge >= 0.3 is 48.4 Å². The van der Waals surface area contributed by atoms with E-state index >= 15 is 0 Å². The Labute approximate surface area is 601 Å². The maximum absolute atomic E-state index is 13.9. The Morgan fingerprint density at radius 3 is 1.48 bits per heavy atom. The second-order valence-corrected chi connectivity index (χ2v) is 25.5. The van der Waals surface area contributed by atoms with Gasteiger partial charge in [-0.05, 0) is 138 Å². The molecule has 3 atom stereocenters. The Morgan fingerprint density at radius 1 is 0.653 bits per heavy atom. The number of carboxylic acids is 1. The van der Waals surface area contributed by atoms with Crippen LogP contribution in [-0.4, -0.2) is 222 Å². The van der Waals surface area contributed by atoms with Crippen LogP contribution in [-0.2, 0) is 82.7 Å². The number of hydrogen-bond acceptors (Lipinski definition) is 27. The van der Waals surface area contributed by atoms with Crippen molar-refractivity contribution in [3.8, 4) is 28.7 Å². The highest BCUT2D eigenvalue weighted by atomic mass is 35.5. The highest BCUT2D eigenvalue weighted by Crippen LogP contribution is 2.41. The number of benzene rings is 2. The van der Waals surface area contributed by atoms with Crippen LogP contribution in [0, 0.1) is 17.2 Å². The molecule has 1 heterocycles. The van der Waals surface area contributed by atoms with Gasteiger partial charge in [-0.1, -0.05) is 33.4 Å². The van der Waals surface area contributed by atoms with Crippen molar-refractivity contribution in [1.82, 2.24) is 25.3 Å². The first kappa shape index (κ1) is 101. The van der Waals surface area contributed by atoms with E-state index in [1.54, 1.807) is 122 Å². The number of carbonyl (C=O) groups is 12. The molecule has 0 unspecified atom stereocenters. The lowest BCUT2D eigenvalue weighted by molar-refractivity contribution is -0.142. The molecular weight excluding hydrogens is 1350 g/mol. The van der Waals surface area contributed by atoms with Crippen LogP contribution >= 0.6 is 12.4 Å². The molecule has 0 radical (unpaired) electrons. The van der Waals surface area contributed by atoms with E-state index < -0.39 is 82.7 Å². The van der Waals surface area contributed by atoms with E-state index in [2.05, 4.69) is 29.6 Å². The van der Waals surface area contributed by atoms with Crippen molar-refractivity contribution >= 4 is 84.2 Å². The van der Waals surface area contributed by atoms with E-state index in [4.69, 9.17) is 56.0 Å². The van der Waals surface area contributed by atoms with Crippen molar-refractivity contribution in [2.24, 2.45) is 23.1 Å². The number of nitrogens with zero attached hydrogens (tertiary/aromatic N) is 4. The number of esters is 3. The molecule has 4 amide bonds. The van der Waals surface area contributed by atoms with E-state index in [0.29, 0.717) is 34.6 Å². The number of amides is 4. The number of hydrogen-bond donors (Lipinski definition) is 6. The fourth-order valence-corrected chi connectivity index (χ4v) is 7.43. The highest BCUT2D eigenvalue weighted by Gasteiger charge is 2.34. The van der Waals surface area contributed by atoms with E-state index in [-0.39, 0.29) is 134 Å². The van der Waals surface area contributed by atoms with Crippen LogP contribution in [0.4, 0.5) is 19.2 Å². The minimum atomic E-state index is -1.06. The summed E-state index contributed by atoms with van der Waals surface area (Å²) < 4.78 is 48.6. The molecule has 0 aromatic heterocycles. The van der Waals surface area contributed by atoms with Gasteiger partial charge in [0.15, 0.2) is 11.6 Å². The number of ether oxygens (including phenoxy) is 10. The van der Waals surface area contributed by atoms with Gasteiger partial charge in [0.25, 0.3) is 0 Å². The van der Waals surface area contributed by atoms with Crippen LogP contribution < -0.4 is 37.3 Å². The van der Waals surface area contributed by atoms with Gasteiger partial charge in [0.05, 0.1) is 46.5 Å². The molecule has 32 nitrogen and oxygen atoms in total. The fourth-order valence-electron chi connectivity index (χ4n) is 7.43. The number of nitriles is 1. The summed E-state index contributed by atoms with van der Waals surface area (Å²) in [5.41, 5.74) is 16.3. The van der Waals surface area contributed by atoms with Gasteiger partial charge in [-0.3, -0.25) is 38.4 Å². The average molecular weight is 1460 g/mol. The predicted octanol–water partition coefficient (Wildman–Crippen LogP) is 7.23. The molecule has 0 saturated carbocycles. The van der Waals surface area contributed by atoms with Crippen molar-refractivity contribution in [1.29, 1.82) is 5.26 Å². The van der Waals surface area contributed by atoms with E-state index in [0.717, 1.165) is 15.4 Å². The molecule has 4 bridgehead atoms. The van der Waals surface area contributed by atoms with Crippen LogP contribution in [0.3, 0.4) is 0 Å². The third kappa shape index (κ3) is 47.7. The van der Waals surface area contributed by atoms with E-state index in [1.165, 1.54) is 40.3 Å². The number of nitrogens with one attached hydrogen (secondary N) is 2. The van der Waals surface area contributed by atoms with Gasteiger partial charge < -0.3 is 95.0 Å². The Kier molecular flexibility index (Phi) is 51.1. The summed E-state index contributed by atoms with van der Waals surface area (Å²) in [5, 5.41) is 22.9.